The number of aryl methyl sites for hydroxylation is 2. The molecule has 1 heterocycles. The minimum Gasteiger partial charge on any atom is -0.268 e. The SMILES string of the molecule is Cn1nc2c(cc1=O)CC(NS(=O)(=O)c1ccc(F)cc1)CC2. The summed E-state index contributed by atoms with van der Waals surface area (Å²) >= 11 is 0. The Morgan fingerprint density at radius 3 is 2.70 bits per heavy atom. The lowest BCUT2D eigenvalue weighted by Gasteiger charge is -2.24. The monoisotopic (exact) mass is 337 g/mol. The van der Waals surface area contributed by atoms with E-state index in [1.165, 1.54) is 22.9 Å². The molecule has 1 aliphatic carbocycles. The molecular formula is C15H16FN3O3S. The third-order valence-electron chi connectivity index (χ3n) is 3.90. The van der Waals surface area contributed by atoms with E-state index in [0.29, 0.717) is 19.3 Å². The summed E-state index contributed by atoms with van der Waals surface area (Å²) in [4.78, 5) is 11.7. The van der Waals surface area contributed by atoms with Crippen LogP contribution in [0.2, 0.25) is 0 Å². The van der Waals surface area contributed by atoms with Gasteiger partial charge < -0.3 is 0 Å². The summed E-state index contributed by atoms with van der Waals surface area (Å²) < 4.78 is 41.5. The van der Waals surface area contributed by atoms with Crippen LogP contribution in [0.5, 0.6) is 0 Å². The van der Waals surface area contributed by atoms with Crippen LogP contribution in [0.4, 0.5) is 4.39 Å². The first kappa shape index (κ1) is 15.8. The van der Waals surface area contributed by atoms with Gasteiger partial charge in [-0.15, -0.1) is 0 Å². The fraction of sp³-hybridized carbons (Fsp3) is 0.333. The van der Waals surface area contributed by atoms with Gasteiger partial charge in [-0.25, -0.2) is 22.2 Å². The molecule has 1 aliphatic rings. The molecule has 1 aromatic heterocycles. The Morgan fingerprint density at radius 2 is 2.00 bits per heavy atom. The molecule has 1 aromatic carbocycles. The Bertz CT molecular complexity index is 891. The van der Waals surface area contributed by atoms with Gasteiger partial charge in [0.15, 0.2) is 0 Å². The number of nitrogens with zero attached hydrogens (tertiary/aromatic N) is 2. The van der Waals surface area contributed by atoms with Gasteiger partial charge in [-0.1, -0.05) is 0 Å². The number of hydrogen-bond donors (Lipinski definition) is 1. The number of fused-ring (bicyclic) bond motifs is 1. The second kappa shape index (κ2) is 5.86. The molecule has 1 unspecified atom stereocenters. The molecule has 0 radical (unpaired) electrons. The van der Waals surface area contributed by atoms with E-state index in [4.69, 9.17) is 0 Å². The molecule has 3 rings (SSSR count). The number of rotatable bonds is 3. The van der Waals surface area contributed by atoms with Crippen molar-refractivity contribution in [3.63, 3.8) is 0 Å². The number of benzene rings is 1. The second-order valence-electron chi connectivity index (χ2n) is 5.59. The molecule has 1 N–H and O–H groups in total. The Hall–Kier alpha value is -2.06. The summed E-state index contributed by atoms with van der Waals surface area (Å²) in [6, 6.07) is 5.86. The van der Waals surface area contributed by atoms with Crippen LogP contribution in [0.25, 0.3) is 0 Å². The van der Waals surface area contributed by atoms with Crippen LogP contribution in [0.15, 0.2) is 40.0 Å². The van der Waals surface area contributed by atoms with Gasteiger partial charge in [0.2, 0.25) is 10.0 Å². The van der Waals surface area contributed by atoms with Gasteiger partial charge in [-0.05, 0) is 49.1 Å². The zero-order valence-electron chi connectivity index (χ0n) is 12.5. The van der Waals surface area contributed by atoms with Crippen molar-refractivity contribution in [3.8, 4) is 0 Å². The Labute approximate surface area is 133 Å². The maximum Gasteiger partial charge on any atom is 0.266 e. The highest BCUT2D eigenvalue weighted by Gasteiger charge is 2.25. The van der Waals surface area contributed by atoms with Crippen molar-refractivity contribution < 1.29 is 12.8 Å². The summed E-state index contributed by atoms with van der Waals surface area (Å²) in [6.45, 7) is 0. The molecule has 6 nitrogen and oxygen atoms in total. The van der Waals surface area contributed by atoms with Gasteiger partial charge in [0.25, 0.3) is 5.56 Å². The van der Waals surface area contributed by atoms with E-state index in [0.717, 1.165) is 23.4 Å². The normalized spacial score (nSPS) is 17.7. The third kappa shape index (κ3) is 3.32. The third-order valence-corrected chi connectivity index (χ3v) is 5.44. The Morgan fingerprint density at radius 1 is 1.30 bits per heavy atom. The summed E-state index contributed by atoms with van der Waals surface area (Å²) in [5.74, 6) is -0.488. The molecule has 1 atom stereocenters. The van der Waals surface area contributed by atoms with Gasteiger partial charge in [-0.2, -0.15) is 5.10 Å². The van der Waals surface area contributed by atoms with E-state index in [9.17, 15) is 17.6 Å². The molecular weight excluding hydrogens is 321 g/mol. The standard InChI is InChI=1S/C15H16FN3O3S/c1-19-15(20)9-10-8-12(4-7-14(10)17-19)18-23(21,22)13-5-2-11(16)3-6-13/h2-3,5-6,9,12,18H,4,7-8H2,1H3. The van der Waals surface area contributed by atoms with Crippen LogP contribution in [0, 0.1) is 5.82 Å². The van der Waals surface area contributed by atoms with Gasteiger partial charge in [-0.3, -0.25) is 4.79 Å². The van der Waals surface area contributed by atoms with Crippen molar-refractivity contribution in [1.82, 2.24) is 14.5 Å². The average Bonchev–Trinajstić information content (AvgIpc) is 2.49. The van der Waals surface area contributed by atoms with Gasteiger partial charge in [0.1, 0.15) is 5.82 Å². The summed E-state index contributed by atoms with van der Waals surface area (Å²) in [5, 5.41) is 4.20. The number of halogens is 1. The maximum absolute atomic E-state index is 12.9. The topological polar surface area (TPSA) is 81.1 Å². The van der Waals surface area contributed by atoms with Gasteiger partial charge >= 0.3 is 0 Å². The zero-order chi connectivity index (χ0) is 16.6. The molecule has 8 heteroatoms. The van der Waals surface area contributed by atoms with E-state index in [2.05, 4.69) is 9.82 Å². The Kier molecular flexibility index (Phi) is 4.03. The molecule has 0 amide bonds. The van der Waals surface area contributed by atoms with E-state index >= 15 is 0 Å². The highest BCUT2D eigenvalue weighted by molar-refractivity contribution is 7.89. The van der Waals surface area contributed by atoms with E-state index < -0.39 is 15.8 Å². The predicted octanol–water partition coefficient (Wildman–Crippen LogP) is 0.755. The van der Waals surface area contributed by atoms with E-state index in [1.807, 2.05) is 0 Å². The van der Waals surface area contributed by atoms with Crippen molar-refractivity contribution in [2.45, 2.75) is 30.2 Å². The van der Waals surface area contributed by atoms with Crippen LogP contribution in [-0.4, -0.2) is 24.2 Å². The molecule has 0 saturated carbocycles. The minimum atomic E-state index is -3.72. The predicted molar refractivity (Wildman–Crippen MR) is 82.0 cm³/mol. The first-order valence-corrected chi connectivity index (χ1v) is 8.67. The smallest absolute Gasteiger partial charge is 0.266 e. The Balaban J connectivity index is 1.80. The average molecular weight is 337 g/mol. The lowest BCUT2D eigenvalue weighted by molar-refractivity contribution is 0.492. The number of hydrogen-bond acceptors (Lipinski definition) is 4. The van der Waals surface area contributed by atoms with Gasteiger partial charge in [0, 0.05) is 19.2 Å². The molecule has 0 aliphatic heterocycles. The molecule has 0 bridgehead atoms. The maximum atomic E-state index is 12.9. The molecule has 122 valence electrons. The summed E-state index contributed by atoms with van der Waals surface area (Å²) in [5.41, 5.74) is 1.38. The van der Waals surface area contributed by atoms with Crippen molar-refractivity contribution in [2.75, 3.05) is 0 Å². The highest BCUT2D eigenvalue weighted by Crippen LogP contribution is 2.20. The molecule has 23 heavy (non-hydrogen) atoms. The first-order chi connectivity index (χ1) is 10.8. The van der Waals surface area contributed by atoms with Crippen LogP contribution in [-0.2, 0) is 29.9 Å². The molecule has 2 aromatic rings. The van der Waals surface area contributed by atoms with Crippen LogP contribution < -0.4 is 10.3 Å². The number of nitrogens with one attached hydrogen (secondary N) is 1. The summed E-state index contributed by atoms with van der Waals surface area (Å²) in [7, 11) is -2.13. The van der Waals surface area contributed by atoms with Crippen LogP contribution >= 0.6 is 0 Å². The van der Waals surface area contributed by atoms with Crippen LogP contribution in [0.1, 0.15) is 17.7 Å². The number of sulfonamides is 1. The first-order valence-electron chi connectivity index (χ1n) is 7.19. The lowest BCUT2D eigenvalue weighted by atomic mass is 9.93. The van der Waals surface area contributed by atoms with E-state index in [-0.39, 0.29) is 16.5 Å². The largest absolute Gasteiger partial charge is 0.268 e. The second-order valence-corrected chi connectivity index (χ2v) is 7.31. The van der Waals surface area contributed by atoms with Crippen molar-refractivity contribution in [2.24, 2.45) is 7.05 Å². The number of aromatic nitrogens is 2. The quantitative estimate of drug-likeness (QED) is 0.896. The van der Waals surface area contributed by atoms with Gasteiger partial charge in [0.05, 0.1) is 10.6 Å². The molecule has 0 fully saturated rings. The van der Waals surface area contributed by atoms with Crippen molar-refractivity contribution in [3.05, 3.63) is 57.8 Å². The van der Waals surface area contributed by atoms with Crippen molar-refractivity contribution in [1.29, 1.82) is 0 Å². The highest BCUT2D eigenvalue weighted by atomic mass is 32.2. The van der Waals surface area contributed by atoms with Crippen LogP contribution in [0.3, 0.4) is 0 Å². The van der Waals surface area contributed by atoms with E-state index in [1.54, 1.807) is 7.05 Å². The zero-order valence-corrected chi connectivity index (χ0v) is 13.3. The summed E-state index contributed by atoms with van der Waals surface area (Å²) in [6.07, 6.45) is 1.61. The minimum absolute atomic E-state index is 0.0202. The lowest BCUT2D eigenvalue weighted by Crippen LogP contribution is -2.40. The molecule has 0 saturated heterocycles. The fourth-order valence-corrected chi connectivity index (χ4v) is 3.96. The molecule has 0 spiro atoms. The fourth-order valence-electron chi connectivity index (χ4n) is 2.69. The van der Waals surface area contributed by atoms with Crippen molar-refractivity contribution >= 4 is 10.0 Å².